The van der Waals surface area contributed by atoms with E-state index in [9.17, 15) is 9.59 Å². The fourth-order valence-electron chi connectivity index (χ4n) is 2.20. The molecule has 0 saturated heterocycles. The van der Waals surface area contributed by atoms with Gasteiger partial charge >= 0.3 is 11.9 Å². The number of carboxylic acids is 1. The lowest BCUT2D eigenvalue weighted by molar-refractivity contribution is -0.158. The highest BCUT2D eigenvalue weighted by atomic mass is 16.5. The van der Waals surface area contributed by atoms with Crippen molar-refractivity contribution in [1.82, 2.24) is 0 Å². The van der Waals surface area contributed by atoms with E-state index in [2.05, 4.69) is 32.9 Å². The summed E-state index contributed by atoms with van der Waals surface area (Å²) in [6.07, 6.45) is 10.4. The molecule has 1 N–H and O–H groups in total. The van der Waals surface area contributed by atoms with Gasteiger partial charge < -0.3 is 9.84 Å². The molecule has 4 heteroatoms. The van der Waals surface area contributed by atoms with Gasteiger partial charge in [-0.3, -0.25) is 9.59 Å². The lowest BCUT2D eigenvalue weighted by Crippen LogP contribution is -2.25. The van der Waals surface area contributed by atoms with Crippen molar-refractivity contribution in [1.29, 1.82) is 0 Å². The zero-order valence-electron chi connectivity index (χ0n) is 15.7. The number of carbonyl (C=O) groups is 2. The van der Waals surface area contributed by atoms with Gasteiger partial charge in [-0.1, -0.05) is 34.9 Å². The summed E-state index contributed by atoms with van der Waals surface area (Å²) in [5, 5.41) is 9.11. The summed E-state index contributed by atoms with van der Waals surface area (Å²) in [6, 6.07) is 0. The van der Waals surface area contributed by atoms with Gasteiger partial charge in [0.1, 0.15) is 0 Å². The van der Waals surface area contributed by atoms with Gasteiger partial charge in [-0.25, -0.2) is 0 Å². The third-order valence-electron chi connectivity index (χ3n) is 3.69. The van der Waals surface area contributed by atoms with Gasteiger partial charge in [0.15, 0.2) is 5.92 Å². The standard InChI is InChI=1S/C20H32O4/c1-6-24-20(23)18(19(21)22)14-13-17(5)12-8-11-16(4)10-7-9-15(2)3/h9,11,13,18H,6-8,10,12,14H2,1-5H3,(H,21,22). The monoisotopic (exact) mass is 336 g/mol. The van der Waals surface area contributed by atoms with E-state index >= 15 is 0 Å². The molecule has 0 rings (SSSR count). The number of aliphatic carboxylic acids is 1. The summed E-state index contributed by atoms with van der Waals surface area (Å²) in [6.45, 7) is 10.2. The maximum Gasteiger partial charge on any atom is 0.320 e. The SMILES string of the molecule is CCOC(=O)C(CC=C(C)CCC=C(C)CCC=C(C)C)C(=O)O. The quantitative estimate of drug-likeness (QED) is 0.325. The molecule has 0 aromatic heterocycles. The molecular formula is C20H32O4. The van der Waals surface area contributed by atoms with Crippen LogP contribution in [0, 0.1) is 5.92 Å². The zero-order chi connectivity index (χ0) is 18.5. The first-order valence-corrected chi connectivity index (χ1v) is 8.62. The summed E-state index contributed by atoms with van der Waals surface area (Å²) in [4.78, 5) is 22.7. The molecule has 0 fully saturated rings. The van der Waals surface area contributed by atoms with Crippen LogP contribution in [0.2, 0.25) is 0 Å². The van der Waals surface area contributed by atoms with Crippen molar-refractivity contribution in [2.75, 3.05) is 6.61 Å². The molecule has 0 amide bonds. The second kappa shape index (κ2) is 12.6. The predicted molar refractivity (Wildman–Crippen MR) is 97.8 cm³/mol. The Kier molecular flexibility index (Phi) is 11.6. The van der Waals surface area contributed by atoms with E-state index in [1.165, 1.54) is 11.1 Å². The van der Waals surface area contributed by atoms with Gasteiger partial charge in [-0.15, -0.1) is 0 Å². The average molecular weight is 336 g/mol. The number of rotatable bonds is 11. The molecule has 1 atom stereocenters. The maximum absolute atomic E-state index is 11.6. The van der Waals surface area contributed by atoms with E-state index in [0.717, 1.165) is 31.3 Å². The smallest absolute Gasteiger partial charge is 0.320 e. The Morgan fingerprint density at radius 1 is 0.958 bits per heavy atom. The third kappa shape index (κ3) is 10.8. The van der Waals surface area contributed by atoms with Crippen molar-refractivity contribution >= 4 is 11.9 Å². The third-order valence-corrected chi connectivity index (χ3v) is 3.69. The Balaban J connectivity index is 4.36. The lowest BCUT2D eigenvalue weighted by Gasteiger charge is -2.09. The number of carbonyl (C=O) groups excluding carboxylic acids is 1. The fraction of sp³-hybridized carbons (Fsp3) is 0.600. The van der Waals surface area contributed by atoms with Gasteiger partial charge in [0.2, 0.25) is 0 Å². The Hall–Kier alpha value is -1.84. The van der Waals surface area contributed by atoms with Crippen molar-refractivity contribution in [3.63, 3.8) is 0 Å². The Bertz CT molecular complexity index is 494. The minimum absolute atomic E-state index is 0.184. The van der Waals surface area contributed by atoms with Gasteiger partial charge in [-0.05, 0) is 66.7 Å². The maximum atomic E-state index is 11.6. The van der Waals surface area contributed by atoms with Gasteiger partial charge in [-0.2, -0.15) is 0 Å². The van der Waals surface area contributed by atoms with E-state index in [1.54, 1.807) is 6.92 Å². The lowest BCUT2D eigenvalue weighted by atomic mass is 10.0. The van der Waals surface area contributed by atoms with Crippen LogP contribution in [-0.4, -0.2) is 23.7 Å². The number of ether oxygens (including phenoxy) is 1. The van der Waals surface area contributed by atoms with Crippen LogP contribution in [0.4, 0.5) is 0 Å². The molecule has 0 spiro atoms. The minimum atomic E-state index is -1.13. The van der Waals surface area contributed by atoms with Gasteiger partial charge in [0.25, 0.3) is 0 Å². The van der Waals surface area contributed by atoms with Crippen LogP contribution in [0.15, 0.2) is 34.9 Å². The van der Waals surface area contributed by atoms with Gasteiger partial charge in [0.05, 0.1) is 6.61 Å². The molecular weight excluding hydrogens is 304 g/mol. The van der Waals surface area contributed by atoms with E-state index in [0.29, 0.717) is 0 Å². The molecule has 0 aliphatic heterocycles. The number of carboxylic acid groups (broad SMARTS) is 1. The topological polar surface area (TPSA) is 63.6 Å². The van der Waals surface area contributed by atoms with Crippen molar-refractivity contribution < 1.29 is 19.4 Å². The zero-order valence-corrected chi connectivity index (χ0v) is 15.7. The van der Waals surface area contributed by atoms with Crippen molar-refractivity contribution in [3.8, 4) is 0 Å². The van der Waals surface area contributed by atoms with Crippen molar-refractivity contribution in [2.45, 2.75) is 66.7 Å². The molecule has 0 aromatic rings. The van der Waals surface area contributed by atoms with Crippen LogP contribution < -0.4 is 0 Å². The Labute approximate surface area is 146 Å². The Morgan fingerprint density at radius 2 is 1.50 bits per heavy atom. The second-order valence-electron chi connectivity index (χ2n) is 6.34. The van der Waals surface area contributed by atoms with Gasteiger partial charge in [0, 0.05) is 0 Å². The number of hydrogen-bond donors (Lipinski definition) is 1. The molecule has 4 nitrogen and oxygen atoms in total. The molecule has 0 aliphatic rings. The summed E-state index contributed by atoms with van der Waals surface area (Å²) in [5.41, 5.74) is 3.81. The van der Waals surface area contributed by atoms with E-state index in [1.807, 2.05) is 13.0 Å². The van der Waals surface area contributed by atoms with Crippen LogP contribution in [0.3, 0.4) is 0 Å². The minimum Gasteiger partial charge on any atom is -0.481 e. The average Bonchev–Trinajstić information content (AvgIpc) is 2.46. The van der Waals surface area contributed by atoms with Crippen molar-refractivity contribution in [3.05, 3.63) is 34.9 Å². The molecule has 24 heavy (non-hydrogen) atoms. The first kappa shape index (κ1) is 22.2. The molecule has 0 aliphatic carbocycles. The highest BCUT2D eigenvalue weighted by Gasteiger charge is 2.26. The highest BCUT2D eigenvalue weighted by molar-refractivity contribution is 5.94. The molecule has 0 bridgehead atoms. The van der Waals surface area contributed by atoms with E-state index < -0.39 is 17.9 Å². The predicted octanol–water partition coefficient (Wildman–Crippen LogP) is 5.06. The summed E-state index contributed by atoms with van der Waals surface area (Å²) in [7, 11) is 0. The highest BCUT2D eigenvalue weighted by Crippen LogP contribution is 2.14. The number of esters is 1. The van der Waals surface area contributed by atoms with Crippen LogP contribution in [-0.2, 0) is 14.3 Å². The Morgan fingerprint density at radius 3 is 2.00 bits per heavy atom. The number of allylic oxidation sites excluding steroid dienone is 6. The van der Waals surface area contributed by atoms with Crippen LogP contribution >= 0.6 is 0 Å². The molecule has 136 valence electrons. The molecule has 0 saturated carbocycles. The summed E-state index contributed by atoms with van der Waals surface area (Å²) >= 11 is 0. The summed E-state index contributed by atoms with van der Waals surface area (Å²) in [5.74, 6) is -2.90. The van der Waals surface area contributed by atoms with E-state index in [4.69, 9.17) is 9.84 Å². The van der Waals surface area contributed by atoms with Crippen LogP contribution in [0.1, 0.15) is 66.7 Å². The molecule has 1 unspecified atom stereocenters. The first-order chi connectivity index (χ1) is 11.3. The summed E-state index contributed by atoms with van der Waals surface area (Å²) < 4.78 is 4.80. The molecule has 0 aromatic carbocycles. The fourth-order valence-corrected chi connectivity index (χ4v) is 2.20. The normalized spacial score (nSPS) is 13.4. The largest absolute Gasteiger partial charge is 0.481 e. The van der Waals surface area contributed by atoms with E-state index in [-0.39, 0.29) is 13.0 Å². The number of hydrogen-bond acceptors (Lipinski definition) is 3. The van der Waals surface area contributed by atoms with Crippen LogP contribution in [0.25, 0.3) is 0 Å². The second-order valence-corrected chi connectivity index (χ2v) is 6.34. The first-order valence-electron chi connectivity index (χ1n) is 8.62. The molecule has 0 radical (unpaired) electrons. The molecule has 0 heterocycles. The van der Waals surface area contributed by atoms with Crippen molar-refractivity contribution in [2.24, 2.45) is 5.92 Å². The van der Waals surface area contributed by atoms with Crippen LogP contribution in [0.5, 0.6) is 0 Å².